The van der Waals surface area contributed by atoms with Crippen molar-refractivity contribution in [1.29, 1.82) is 0 Å². The van der Waals surface area contributed by atoms with Gasteiger partial charge in [-0.15, -0.1) is 0 Å². The summed E-state index contributed by atoms with van der Waals surface area (Å²) in [7, 11) is 0. The zero-order valence-corrected chi connectivity index (χ0v) is 21.5. The summed E-state index contributed by atoms with van der Waals surface area (Å²) >= 11 is 0. The van der Waals surface area contributed by atoms with Crippen molar-refractivity contribution in [2.24, 2.45) is 0 Å². The maximum Gasteiger partial charge on any atom is 0.338 e. The van der Waals surface area contributed by atoms with E-state index in [0.717, 1.165) is 51.4 Å². The van der Waals surface area contributed by atoms with Gasteiger partial charge in [0.2, 0.25) is 0 Å². The number of carbonyl (C=O) groups excluding carboxylic acids is 2. The molecule has 4 heteroatoms. The minimum absolute atomic E-state index is 0.286. The third-order valence-corrected chi connectivity index (χ3v) is 6.16. The van der Waals surface area contributed by atoms with Crippen LogP contribution in [0.15, 0.2) is 48.5 Å². The minimum Gasteiger partial charge on any atom is -0.459 e. The van der Waals surface area contributed by atoms with E-state index in [1.165, 1.54) is 11.1 Å². The van der Waals surface area contributed by atoms with Crippen LogP contribution in [0, 0.1) is 0 Å². The second kappa shape index (κ2) is 15.3. The molecule has 2 aromatic rings. The summed E-state index contributed by atoms with van der Waals surface area (Å²) in [6.07, 6.45) is 8.84. The van der Waals surface area contributed by atoms with Crippen LogP contribution in [0.5, 0.6) is 0 Å². The minimum atomic E-state index is -0.321. The Morgan fingerprint density at radius 1 is 0.647 bits per heavy atom. The molecule has 0 saturated carbocycles. The summed E-state index contributed by atoms with van der Waals surface area (Å²) in [6.45, 7) is 8.40. The molecule has 0 spiro atoms. The monoisotopic (exact) mass is 466 g/mol. The third-order valence-electron chi connectivity index (χ3n) is 6.16. The number of unbranched alkanes of at least 4 members (excludes halogenated alkanes) is 2. The Morgan fingerprint density at radius 2 is 1.09 bits per heavy atom. The summed E-state index contributed by atoms with van der Waals surface area (Å²) in [5, 5.41) is 0. The molecule has 0 fully saturated rings. The SMILES string of the molecule is CCCCc1ccc(C(=O)OC(CC)CC(CCC)OC(=O)c2ccc(CCCC)cc2)cc1. The van der Waals surface area contributed by atoms with Crippen molar-refractivity contribution in [2.75, 3.05) is 0 Å². The van der Waals surface area contributed by atoms with E-state index >= 15 is 0 Å². The van der Waals surface area contributed by atoms with E-state index in [-0.39, 0.29) is 24.1 Å². The van der Waals surface area contributed by atoms with Gasteiger partial charge in [-0.05, 0) is 73.9 Å². The van der Waals surface area contributed by atoms with Gasteiger partial charge in [0.1, 0.15) is 12.2 Å². The molecular weight excluding hydrogens is 424 g/mol. The first-order valence-electron chi connectivity index (χ1n) is 13.1. The topological polar surface area (TPSA) is 52.6 Å². The van der Waals surface area contributed by atoms with Crippen molar-refractivity contribution >= 4 is 11.9 Å². The summed E-state index contributed by atoms with van der Waals surface area (Å²) in [5.74, 6) is -0.637. The molecule has 2 unspecified atom stereocenters. The standard InChI is InChI=1S/C30H42O4/c1-5-9-12-23-14-18-25(19-15-23)29(31)33-27(8-4)22-28(11-7-3)34-30(32)26-20-16-24(17-21-26)13-10-6-2/h14-21,27-28H,5-13,22H2,1-4H3. The number of hydrogen-bond acceptors (Lipinski definition) is 4. The predicted octanol–water partition coefficient (Wildman–Crippen LogP) is 7.72. The second-order valence-corrected chi connectivity index (χ2v) is 9.09. The van der Waals surface area contributed by atoms with Gasteiger partial charge in [-0.3, -0.25) is 0 Å². The van der Waals surface area contributed by atoms with E-state index in [9.17, 15) is 9.59 Å². The number of ether oxygens (including phenoxy) is 2. The fourth-order valence-electron chi connectivity index (χ4n) is 3.95. The van der Waals surface area contributed by atoms with Crippen LogP contribution in [0.4, 0.5) is 0 Å². The molecule has 0 aromatic heterocycles. The molecular formula is C30H42O4. The van der Waals surface area contributed by atoms with Gasteiger partial charge in [0, 0.05) is 6.42 Å². The number of rotatable bonds is 15. The quantitative estimate of drug-likeness (QED) is 0.252. The van der Waals surface area contributed by atoms with Crippen molar-refractivity contribution in [3.05, 3.63) is 70.8 Å². The first kappa shape index (κ1) is 27.6. The van der Waals surface area contributed by atoms with Gasteiger partial charge in [-0.1, -0.05) is 71.2 Å². The van der Waals surface area contributed by atoms with Crippen molar-refractivity contribution < 1.29 is 19.1 Å². The van der Waals surface area contributed by atoms with Crippen molar-refractivity contribution in [3.63, 3.8) is 0 Å². The van der Waals surface area contributed by atoms with E-state index in [1.807, 2.05) is 55.5 Å². The van der Waals surface area contributed by atoms with Gasteiger partial charge >= 0.3 is 11.9 Å². The lowest BCUT2D eigenvalue weighted by molar-refractivity contribution is -0.00302. The molecule has 0 aliphatic carbocycles. The van der Waals surface area contributed by atoms with Gasteiger partial charge in [-0.25, -0.2) is 9.59 Å². The van der Waals surface area contributed by atoms with Crippen LogP contribution in [0.2, 0.25) is 0 Å². The first-order valence-corrected chi connectivity index (χ1v) is 13.1. The van der Waals surface area contributed by atoms with E-state index in [2.05, 4.69) is 20.8 Å². The molecule has 186 valence electrons. The molecule has 34 heavy (non-hydrogen) atoms. The highest BCUT2D eigenvalue weighted by Crippen LogP contribution is 2.19. The lowest BCUT2D eigenvalue weighted by Crippen LogP contribution is -2.27. The molecule has 0 aliphatic heterocycles. The predicted molar refractivity (Wildman–Crippen MR) is 138 cm³/mol. The fraction of sp³-hybridized carbons (Fsp3) is 0.533. The fourth-order valence-corrected chi connectivity index (χ4v) is 3.95. The zero-order valence-electron chi connectivity index (χ0n) is 21.5. The molecule has 4 nitrogen and oxygen atoms in total. The molecule has 0 N–H and O–H groups in total. The summed E-state index contributed by atoms with van der Waals surface area (Å²) < 4.78 is 11.6. The number of benzene rings is 2. The molecule has 0 amide bonds. The van der Waals surface area contributed by atoms with Crippen molar-refractivity contribution in [1.82, 2.24) is 0 Å². The Kier molecular flexibility index (Phi) is 12.4. The van der Waals surface area contributed by atoms with Gasteiger partial charge in [0.25, 0.3) is 0 Å². The Balaban J connectivity index is 1.95. The summed E-state index contributed by atoms with van der Waals surface area (Å²) in [4.78, 5) is 25.4. The largest absolute Gasteiger partial charge is 0.459 e. The number of aryl methyl sites for hydroxylation is 2. The van der Waals surface area contributed by atoms with Crippen molar-refractivity contribution in [3.8, 4) is 0 Å². The lowest BCUT2D eigenvalue weighted by atomic mass is 10.0. The molecule has 2 rings (SSSR count). The Bertz CT molecular complexity index is 854. The van der Waals surface area contributed by atoms with E-state index in [4.69, 9.17) is 9.47 Å². The van der Waals surface area contributed by atoms with Crippen LogP contribution in [-0.2, 0) is 22.3 Å². The van der Waals surface area contributed by atoms with Crippen LogP contribution < -0.4 is 0 Å². The van der Waals surface area contributed by atoms with E-state index in [0.29, 0.717) is 24.0 Å². The summed E-state index contributed by atoms with van der Waals surface area (Å²) in [5.41, 5.74) is 3.60. The Labute approximate surface area is 206 Å². The summed E-state index contributed by atoms with van der Waals surface area (Å²) in [6, 6.07) is 15.4. The van der Waals surface area contributed by atoms with Gasteiger partial charge in [-0.2, -0.15) is 0 Å². The van der Waals surface area contributed by atoms with Crippen LogP contribution in [-0.4, -0.2) is 24.1 Å². The molecule has 0 radical (unpaired) electrons. The zero-order chi connectivity index (χ0) is 24.8. The van der Waals surface area contributed by atoms with Crippen LogP contribution in [0.1, 0.15) is 111 Å². The maximum atomic E-state index is 12.7. The van der Waals surface area contributed by atoms with Crippen LogP contribution in [0.25, 0.3) is 0 Å². The highest BCUT2D eigenvalue weighted by molar-refractivity contribution is 5.90. The number of hydrogen-bond donors (Lipinski definition) is 0. The highest BCUT2D eigenvalue weighted by Gasteiger charge is 2.23. The smallest absolute Gasteiger partial charge is 0.338 e. The molecule has 2 aromatic carbocycles. The highest BCUT2D eigenvalue weighted by atomic mass is 16.6. The molecule has 0 saturated heterocycles. The maximum absolute atomic E-state index is 12.7. The average Bonchev–Trinajstić information content (AvgIpc) is 2.86. The van der Waals surface area contributed by atoms with Gasteiger partial charge in [0.05, 0.1) is 11.1 Å². The van der Waals surface area contributed by atoms with Crippen molar-refractivity contribution in [2.45, 2.75) is 104 Å². The Hall–Kier alpha value is -2.62. The average molecular weight is 467 g/mol. The van der Waals surface area contributed by atoms with E-state index < -0.39 is 0 Å². The molecule has 0 bridgehead atoms. The van der Waals surface area contributed by atoms with E-state index in [1.54, 1.807) is 0 Å². The molecule has 0 heterocycles. The first-order chi connectivity index (χ1) is 16.5. The normalized spacial score (nSPS) is 12.7. The second-order valence-electron chi connectivity index (χ2n) is 9.09. The Morgan fingerprint density at radius 3 is 1.47 bits per heavy atom. The van der Waals surface area contributed by atoms with Crippen LogP contribution >= 0.6 is 0 Å². The number of esters is 2. The van der Waals surface area contributed by atoms with Crippen LogP contribution in [0.3, 0.4) is 0 Å². The third kappa shape index (κ3) is 9.32. The lowest BCUT2D eigenvalue weighted by Gasteiger charge is -2.23. The van der Waals surface area contributed by atoms with Gasteiger partial charge in [0.15, 0.2) is 0 Å². The molecule has 0 aliphatic rings. The number of carbonyl (C=O) groups is 2. The van der Waals surface area contributed by atoms with Gasteiger partial charge < -0.3 is 9.47 Å². The molecule has 2 atom stereocenters.